The highest BCUT2D eigenvalue weighted by Gasteiger charge is 2.40. The first-order valence-electron chi connectivity index (χ1n) is 7.59. The highest BCUT2D eigenvalue weighted by atomic mass is 15.4. The van der Waals surface area contributed by atoms with Crippen LogP contribution in [0.25, 0.3) is 11.8 Å². The van der Waals surface area contributed by atoms with E-state index in [4.69, 9.17) is 0 Å². The van der Waals surface area contributed by atoms with E-state index in [0.717, 1.165) is 0 Å². The molecule has 0 saturated carbocycles. The molecule has 0 saturated heterocycles. The van der Waals surface area contributed by atoms with Gasteiger partial charge in [-0.05, 0) is 30.3 Å². The molecule has 1 aliphatic heterocycles. The molecule has 0 fully saturated rings. The van der Waals surface area contributed by atoms with E-state index in [1.807, 2.05) is 0 Å². The number of para-hydroxylation sites is 2. The molecule has 1 aliphatic rings. The van der Waals surface area contributed by atoms with Crippen molar-refractivity contribution >= 4 is 23.1 Å². The van der Waals surface area contributed by atoms with Crippen molar-refractivity contribution in [1.29, 1.82) is 0 Å². The molecule has 0 N–H and O–H groups in total. The molecule has 1 unspecified atom stereocenters. The summed E-state index contributed by atoms with van der Waals surface area (Å²) in [6, 6.07) is 30.0. The maximum absolute atomic E-state index is 2.32. The second-order valence-electron chi connectivity index (χ2n) is 5.80. The second-order valence-corrected chi connectivity index (χ2v) is 5.80. The van der Waals surface area contributed by atoms with Crippen molar-refractivity contribution < 1.29 is 0 Å². The minimum Gasteiger partial charge on any atom is -0.228 e. The number of rotatable bonds is 2. The Hall–Kier alpha value is -2.64. The van der Waals surface area contributed by atoms with E-state index in [0.29, 0.717) is 4.48 Å². The normalized spacial score (nSPS) is 19.6. The Morgan fingerprint density at radius 2 is 1.23 bits per heavy atom. The molecule has 0 aromatic heterocycles. The SMILES string of the molecule is C[N+]1(c2ccccc2)C(c2ccccc2)=Cc2ccccc21. The Balaban J connectivity index is 1.99. The number of hydrogen-bond acceptors (Lipinski definition) is 0. The first-order chi connectivity index (χ1) is 10.8. The minimum atomic E-state index is 0.709. The summed E-state index contributed by atoms with van der Waals surface area (Å²) in [5.74, 6) is 0. The van der Waals surface area contributed by atoms with Crippen molar-refractivity contribution in [1.82, 2.24) is 4.48 Å². The van der Waals surface area contributed by atoms with Crippen molar-refractivity contribution in [3.05, 3.63) is 96.1 Å². The lowest BCUT2D eigenvalue weighted by atomic mass is 10.1. The summed E-state index contributed by atoms with van der Waals surface area (Å²) in [5, 5.41) is 0. The fraction of sp³-hybridized carbons (Fsp3) is 0.0476. The Morgan fingerprint density at radius 1 is 0.636 bits per heavy atom. The lowest BCUT2D eigenvalue weighted by molar-refractivity contribution is 0.649. The lowest BCUT2D eigenvalue weighted by Crippen LogP contribution is -2.35. The predicted octanol–water partition coefficient (Wildman–Crippen LogP) is 5.47. The Labute approximate surface area is 131 Å². The smallest absolute Gasteiger partial charge is 0.150 e. The van der Waals surface area contributed by atoms with Gasteiger partial charge in [-0.2, -0.15) is 0 Å². The maximum Gasteiger partial charge on any atom is 0.150 e. The molecule has 22 heavy (non-hydrogen) atoms. The average molecular weight is 284 g/mol. The number of hydrogen-bond donors (Lipinski definition) is 0. The molecule has 4 rings (SSSR count). The van der Waals surface area contributed by atoms with Crippen LogP contribution in [0.2, 0.25) is 0 Å². The lowest BCUT2D eigenvalue weighted by Gasteiger charge is -2.32. The van der Waals surface area contributed by atoms with Gasteiger partial charge in [0.05, 0.1) is 7.05 Å². The van der Waals surface area contributed by atoms with Gasteiger partial charge in [-0.25, -0.2) is 4.48 Å². The molecule has 1 heterocycles. The quantitative estimate of drug-likeness (QED) is 0.548. The summed E-state index contributed by atoms with van der Waals surface area (Å²) < 4.78 is 0.709. The zero-order valence-electron chi connectivity index (χ0n) is 12.6. The fourth-order valence-electron chi connectivity index (χ4n) is 3.38. The van der Waals surface area contributed by atoms with Crippen LogP contribution in [0.1, 0.15) is 11.1 Å². The molecule has 106 valence electrons. The van der Waals surface area contributed by atoms with E-state index in [1.54, 1.807) is 0 Å². The highest BCUT2D eigenvalue weighted by Crippen LogP contribution is 2.49. The molecule has 3 aromatic carbocycles. The third-order valence-electron chi connectivity index (χ3n) is 4.53. The van der Waals surface area contributed by atoms with E-state index >= 15 is 0 Å². The summed E-state index contributed by atoms with van der Waals surface area (Å²) in [4.78, 5) is 0. The van der Waals surface area contributed by atoms with Gasteiger partial charge in [-0.15, -0.1) is 0 Å². The van der Waals surface area contributed by atoms with Gasteiger partial charge in [-0.1, -0.05) is 48.5 Å². The van der Waals surface area contributed by atoms with E-state index < -0.39 is 0 Å². The molecular weight excluding hydrogens is 266 g/mol. The van der Waals surface area contributed by atoms with E-state index in [1.165, 1.54) is 28.2 Å². The van der Waals surface area contributed by atoms with Crippen molar-refractivity contribution in [2.75, 3.05) is 7.05 Å². The van der Waals surface area contributed by atoms with Crippen LogP contribution in [0.5, 0.6) is 0 Å². The van der Waals surface area contributed by atoms with Gasteiger partial charge in [0, 0.05) is 23.3 Å². The number of fused-ring (bicyclic) bond motifs is 1. The van der Waals surface area contributed by atoms with E-state index in [9.17, 15) is 0 Å². The van der Waals surface area contributed by atoms with Crippen LogP contribution in [0, 0.1) is 0 Å². The minimum absolute atomic E-state index is 0.709. The Kier molecular flexibility index (Phi) is 2.95. The van der Waals surface area contributed by atoms with E-state index in [2.05, 4.69) is 98.1 Å². The van der Waals surface area contributed by atoms with Crippen molar-refractivity contribution in [3.63, 3.8) is 0 Å². The second kappa shape index (κ2) is 4.97. The number of nitrogens with zero attached hydrogens (tertiary/aromatic N) is 1. The van der Waals surface area contributed by atoms with Crippen molar-refractivity contribution in [2.24, 2.45) is 0 Å². The topological polar surface area (TPSA) is 0 Å². The summed E-state index contributed by atoms with van der Waals surface area (Å²) >= 11 is 0. The standard InChI is InChI=1S/C21H18N/c1-22(19-13-6-3-7-14-19)20-15-9-8-12-18(20)16-21(22)17-10-4-2-5-11-17/h2-16H,1H3/q+1. The van der Waals surface area contributed by atoms with Crippen LogP contribution in [0.15, 0.2) is 84.9 Å². The van der Waals surface area contributed by atoms with Gasteiger partial charge in [0.25, 0.3) is 0 Å². The highest BCUT2D eigenvalue weighted by molar-refractivity contribution is 5.99. The molecule has 1 nitrogen and oxygen atoms in total. The molecule has 0 radical (unpaired) electrons. The van der Waals surface area contributed by atoms with Crippen molar-refractivity contribution in [2.45, 2.75) is 0 Å². The summed E-state index contributed by atoms with van der Waals surface area (Å²) in [6.45, 7) is 0. The molecule has 0 spiro atoms. The zero-order valence-corrected chi connectivity index (χ0v) is 12.6. The Bertz CT molecular complexity index is 834. The average Bonchev–Trinajstić information content (AvgIpc) is 2.91. The van der Waals surface area contributed by atoms with Gasteiger partial charge in [0.15, 0.2) is 5.70 Å². The molecule has 0 aliphatic carbocycles. The van der Waals surface area contributed by atoms with Crippen LogP contribution in [0.3, 0.4) is 0 Å². The van der Waals surface area contributed by atoms with Crippen LogP contribution >= 0.6 is 0 Å². The first kappa shape index (κ1) is 13.1. The molecule has 3 aromatic rings. The molecule has 1 atom stereocenters. The van der Waals surface area contributed by atoms with Crippen LogP contribution in [-0.4, -0.2) is 7.05 Å². The molecule has 0 amide bonds. The van der Waals surface area contributed by atoms with Crippen LogP contribution in [0.4, 0.5) is 11.4 Å². The summed E-state index contributed by atoms with van der Waals surface area (Å²) in [6.07, 6.45) is 2.32. The van der Waals surface area contributed by atoms with Gasteiger partial charge >= 0.3 is 0 Å². The van der Waals surface area contributed by atoms with Crippen molar-refractivity contribution in [3.8, 4) is 0 Å². The first-order valence-corrected chi connectivity index (χ1v) is 7.59. The van der Waals surface area contributed by atoms with Crippen LogP contribution < -0.4 is 4.48 Å². The largest absolute Gasteiger partial charge is 0.228 e. The number of benzene rings is 3. The van der Waals surface area contributed by atoms with Gasteiger partial charge in [-0.3, -0.25) is 0 Å². The fourth-order valence-corrected chi connectivity index (χ4v) is 3.38. The van der Waals surface area contributed by atoms with E-state index in [-0.39, 0.29) is 0 Å². The van der Waals surface area contributed by atoms with Gasteiger partial charge in [0.2, 0.25) is 0 Å². The number of quaternary nitrogens is 1. The van der Waals surface area contributed by atoms with Crippen LogP contribution in [-0.2, 0) is 0 Å². The zero-order chi connectivity index (χ0) is 15.0. The molecule has 0 bridgehead atoms. The summed E-state index contributed by atoms with van der Waals surface area (Å²) in [5.41, 5.74) is 6.49. The molecule has 1 heteroatoms. The van der Waals surface area contributed by atoms with Gasteiger partial charge < -0.3 is 0 Å². The maximum atomic E-state index is 2.32. The molecular formula is C21H18N+. The third-order valence-corrected chi connectivity index (χ3v) is 4.53. The van der Waals surface area contributed by atoms with Gasteiger partial charge in [0.1, 0.15) is 11.4 Å². The Morgan fingerprint density at radius 3 is 1.95 bits per heavy atom. The summed E-state index contributed by atoms with van der Waals surface area (Å²) in [7, 11) is 2.28. The monoisotopic (exact) mass is 284 g/mol. The third kappa shape index (κ3) is 1.83. The predicted molar refractivity (Wildman–Crippen MR) is 94.6 cm³/mol.